The molecule has 0 fully saturated rings. The van der Waals surface area contributed by atoms with Gasteiger partial charge in [0, 0.05) is 36.7 Å². The number of methoxy groups -OCH3 is 1. The second kappa shape index (κ2) is 9.36. The van der Waals surface area contributed by atoms with E-state index in [1.54, 1.807) is 31.5 Å². The molecule has 0 bridgehead atoms. The van der Waals surface area contributed by atoms with E-state index in [9.17, 15) is 9.59 Å². The van der Waals surface area contributed by atoms with Crippen molar-refractivity contribution in [1.82, 2.24) is 10.3 Å². The number of ether oxygens (including phenoxy) is 1. The number of amides is 2. The van der Waals surface area contributed by atoms with Gasteiger partial charge in [0.05, 0.1) is 7.11 Å². The van der Waals surface area contributed by atoms with Gasteiger partial charge in [0.15, 0.2) is 0 Å². The van der Waals surface area contributed by atoms with E-state index in [1.807, 2.05) is 42.5 Å². The van der Waals surface area contributed by atoms with Crippen LogP contribution < -0.4 is 20.7 Å². The Bertz CT molecular complexity index is 1000. The van der Waals surface area contributed by atoms with E-state index in [4.69, 9.17) is 4.74 Å². The Kier molecular flexibility index (Phi) is 6.42. The normalized spacial score (nSPS) is 10.1. The fourth-order valence-corrected chi connectivity index (χ4v) is 2.69. The Balaban J connectivity index is 1.64. The number of nitrogens with one attached hydrogen (secondary N) is 3. The average Bonchev–Trinajstić information content (AvgIpc) is 2.72. The van der Waals surface area contributed by atoms with Crippen molar-refractivity contribution in [2.24, 2.45) is 0 Å². The van der Waals surface area contributed by atoms with Crippen LogP contribution in [0.25, 0.3) is 0 Å². The number of anilines is 3. The summed E-state index contributed by atoms with van der Waals surface area (Å²) in [6.45, 7) is 1.85. The molecule has 7 nitrogen and oxygen atoms in total. The maximum Gasteiger partial charge on any atom is 0.270 e. The molecule has 0 spiro atoms. The molecule has 0 unspecified atom stereocenters. The zero-order valence-electron chi connectivity index (χ0n) is 16.2. The van der Waals surface area contributed by atoms with Crippen molar-refractivity contribution < 1.29 is 14.3 Å². The molecule has 0 radical (unpaired) electrons. The third-order valence-corrected chi connectivity index (χ3v) is 4.08. The minimum atomic E-state index is -0.267. The maximum absolute atomic E-state index is 12.4. The summed E-state index contributed by atoms with van der Waals surface area (Å²) in [6, 6.07) is 18.2. The quantitative estimate of drug-likeness (QED) is 0.572. The van der Waals surface area contributed by atoms with E-state index in [-0.39, 0.29) is 11.8 Å². The number of carbonyl (C=O) groups is 2. The molecule has 0 aliphatic rings. The predicted octanol–water partition coefficient (Wildman–Crippen LogP) is 3.72. The van der Waals surface area contributed by atoms with Gasteiger partial charge in [0.2, 0.25) is 5.91 Å². The van der Waals surface area contributed by atoms with Gasteiger partial charge in [-0.25, -0.2) is 0 Å². The van der Waals surface area contributed by atoms with Crippen LogP contribution in [0, 0.1) is 0 Å². The molecule has 3 rings (SSSR count). The smallest absolute Gasteiger partial charge is 0.270 e. The summed E-state index contributed by atoms with van der Waals surface area (Å²) in [7, 11) is 1.61. The van der Waals surface area contributed by atoms with Crippen molar-refractivity contribution in [2.45, 2.75) is 13.5 Å². The van der Waals surface area contributed by atoms with E-state index in [0.717, 1.165) is 22.7 Å². The molecule has 0 saturated carbocycles. The van der Waals surface area contributed by atoms with E-state index >= 15 is 0 Å². The first-order valence-corrected chi connectivity index (χ1v) is 9.05. The molecule has 29 heavy (non-hydrogen) atoms. The summed E-state index contributed by atoms with van der Waals surface area (Å²) in [5, 5.41) is 8.81. The molecule has 1 aromatic heterocycles. The zero-order valence-corrected chi connectivity index (χ0v) is 16.2. The lowest BCUT2D eigenvalue weighted by Gasteiger charge is -2.10. The van der Waals surface area contributed by atoms with Crippen LogP contribution in [0.15, 0.2) is 66.9 Å². The van der Waals surface area contributed by atoms with Gasteiger partial charge in [0.1, 0.15) is 11.4 Å². The molecule has 1 heterocycles. The van der Waals surface area contributed by atoms with Crippen LogP contribution in [-0.2, 0) is 11.3 Å². The number of hydrogen-bond acceptors (Lipinski definition) is 5. The first kappa shape index (κ1) is 19.9. The van der Waals surface area contributed by atoms with Crippen LogP contribution in [-0.4, -0.2) is 23.9 Å². The molecule has 0 aliphatic heterocycles. The molecule has 3 N–H and O–H groups in total. The van der Waals surface area contributed by atoms with Crippen LogP contribution in [0.3, 0.4) is 0 Å². The highest BCUT2D eigenvalue weighted by Gasteiger charge is 2.08. The molecule has 0 aliphatic carbocycles. The standard InChI is InChI=1S/C22H22N4O3/c1-15(27)25-17-4-3-5-18(12-17)26-19-10-11-23-21(13-19)22(28)24-14-16-6-8-20(29-2)9-7-16/h3-13H,14H2,1-2H3,(H,23,26)(H,24,28)(H,25,27). The lowest BCUT2D eigenvalue weighted by molar-refractivity contribution is -0.114. The number of hydrogen-bond donors (Lipinski definition) is 3. The number of aromatic nitrogens is 1. The van der Waals surface area contributed by atoms with E-state index in [2.05, 4.69) is 20.9 Å². The van der Waals surface area contributed by atoms with Gasteiger partial charge in [0.25, 0.3) is 5.91 Å². The summed E-state index contributed by atoms with van der Waals surface area (Å²) >= 11 is 0. The number of pyridine rings is 1. The van der Waals surface area contributed by atoms with E-state index < -0.39 is 0 Å². The Morgan fingerprint density at radius 2 is 1.69 bits per heavy atom. The highest BCUT2D eigenvalue weighted by molar-refractivity contribution is 5.93. The second-order valence-corrected chi connectivity index (χ2v) is 6.35. The minimum Gasteiger partial charge on any atom is -0.497 e. The number of carbonyl (C=O) groups excluding carboxylic acids is 2. The average molecular weight is 390 g/mol. The van der Waals surface area contributed by atoms with Gasteiger partial charge in [-0.15, -0.1) is 0 Å². The van der Waals surface area contributed by atoms with Crippen molar-refractivity contribution in [2.75, 3.05) is 17.7 Å². The van der Waals surface area contributed by atoms with Gasteiger partial charge in [-0.2, -0.15) is 0 Å². The highest BCUT2D eigenvalue weighted by atomic mass is 16.5. The molecule has 3 aromatic rings. The van der Waals surface area contributed by atoms with Gasteiger partial charge in [-0.05, 0) is 48.0 Å². The Morgan fingerprint density at radius 3 is 2.41 bits per heavy atom. The lowest BCUT2D eigenvalue weighted by Crippen LogP contribution is -2.23. The molecule has 0 atom stereocenters. The van der Waals surface area contributed by atoms with Crippen LogP contribution in [0.5, 0.6) is 5.75 Å². The molecule has 148 valence electrons. The zero-order chi connectivity index (χ0) is 20.6. The van der Waals surface area contributed by atoms with Crippen molar-refractivity contribution in [3.8, 4) is 5.75 Å². The summed E-state index contributed by atoms with van der Waals surface area (Å²) < 4.78 is 5.13. The van der Waals surface area contributed by atoms with Gasteiger partial charge < -0.3 is 20.7 Å². The first-order valence-electron chi connectivity index (χ1n) is 9.05. The summed E-state index contributed by atoms with van der Waals surface area (Å²) in [5.74, 6) is 0.362. The van der Waals surface area contributed by atoms with Gasteiger partial charge in [-0.1, -0.05) is 18.2 Å². The first-order chi connectivity index (χ1) is 14.0. The molecular formula is C22H22N4O3. The Morgan fingerprint density at radius 1 is 0.966 bits per heavy atom. The Labute approximate surface area is 169 Å². The highest BCUT2D eigenvalue weighted by Crippen LogP contribution is 2.20. The molecule has 2 amide bonds. The van der Waals surface area contributed by atoms with E-state index in [0.29, 0.717) is 17.9 Å². The molecular weight excluding hydrogens is 368 g/mol. The molecule has 0 saturated heterocycles. The van der Waals surface area contributed by atoms with Crippen molar-refractivity contribution in [3.05, 3.63) is 78.1 Å². The SMILES string of the molecule is COc1ccc(CNC(=O)c2cc(Nc3cccc(NC(C)=O)c3)ccn2)cc1. The second-order valence-electron chi connectivity index (χ2n) is 6.35. The van der Waals surface area contributed by atoms with Crippen LogP contribution in [0.4, 0.5) is 17.1 Å². The summed E-state index contributed by atoms with van der Waals surface area (Å²) in [5.41, 5.74) is 3.46. The largest absolute Gasteiger partial charge is 0.497 e. The molecule has 7 heteroatoms. The monoisotopic (exact) mass is 390 g/mol. The predicted molar refractivity (Wildman–Crippen MR) is 112 cm³/mol. The number of rotatable bonds is 7. The Hall–Kier alpha value is -3.87. The van der Waals surface area contributed by atoms with Crippen molar-refractivity contribution in [1.29, 1.82) is 0 Å². The summed E-state index contributed by atoms with van der Waals surface area (Å²) in [6.07, 6.45) is 1.57. The fraction of sp³-hybridized carbons (Fsp3) is 0.136. The van der Waals surface area contributed by atoms with Gasteiger partial charge in [-0.3, -0.25) is 14.6 Å². The van der Waals surface area contributed by atoms with Crippen LogP contribution >= 0.6 is 0 Å². The number of nitrogens with zero attached hydrogens (tertiary/aromatic N) is 1. The van der Waals surface area contributed by atoms with Crippen molar-refractivity contribution in [3.63, 3.8) is 0 Å². The summed E-state index contributed by atoms with van der Waals surface area (Å²) in [4.78, 5) is 27.8. The van der Waals surface area contributed by atoms with Gasteiger partial charge >= 0.3 is 0 Å². The van der Waals surface area contributed by atoms with E-state index in [1.165, 1.54) is 6.92 Å². The van der Waals surface area contributed by atoms with Crippen LogP contribution in [0.2, 0.25) is 0 Å². The number of benzene rings is 2. The van der Waals surface area contributed by atoms with Crippen molar-refractivity contribution >= 4 is 28.9 Å². The third kappa shape index (κ3) is 5.80. The maximum atomic E-state index is 12.4. The fourth-order valence-electron chi connectivity index (χ4n) is 2.69. The third-order valence-electron chi connectivity index (χ3n) is 4.08. The molecule has 2 aromatic carbocycles. The van der Waals surface area contributed by atoms with Crippen LogP contribution in [0.1, 0.15) is 23.0 Å². The minimum absolute atomic E-state index is 0.137. The lowest BCUT2D eigenvalue weighted by atomic mass is 10.2. The topological polar surface area (TPSA) is 92.4 Å².